The molecule has 0 bridgehead atoms. The van der Waals surface area contributed by atoms with E-state index >= 15 is 0 Å². The molecule has 5 nitrogen and oxygen atoms in total. The summed E-state index contributed by atoms with van der Waals surface area (Å²) >= 11 is 0. The predicted octanol–water partition coefficient (Wildman–Crippen LogP) is -0.0130. The fourth-order valence-corrected chi connectivity index (χ4v) is 3.84. The SMILES string of the molecule is O=S1(=O)CCC(NC(CO)CO)c2cc(F)ccc21. The highest BCUT2D eigenvalue weighted by atomic mass is 32.2. The van der Waals surface area contributed by atoms with Gasteiger partial charge in [0.25, 0.3) is 0 Å². The molecule has 0 fully saturated rings. The Bertz CT molecular complexity index is 557. The summed E-state index contributed by atoms with van der Waals surface area (Å²) in [4.78, 5) is 0.118. The molecule has 0 saturated heterocycles. The molecule has 0 aliphatic carbocycles. The van der Waals surface area contributed by atoms with Gasteiger partial charge in [-0.05, 0) is 30.2 Å². The highest BCUT2D eigenvalue weighted by molar-refractivity contribution is 7.91. The lowest BCUT2D eigenvalue weighted by Gasteiger charge is -2.29. The number of nitrogens with one attached hydrogen (secondary N) is 1. The van der Waals surface area contributed by atoms with Crippen molar-refractivity contribution in [1.29, 1.82) is 0 Å². The summed E-state index contributed by atoms with van der Waals surface area (Å²) in [7, 11) is -3.37. The molecule has 7 heteroatoms. The Labute approximate surface area is 111 Å². The van der Waals surface area contributed by atoms with Crippen LogP contribution >= 0.6 is 0 Å². The first-order chi connectivity index (χ1) is 8.97. The second kappa shape index (κ2) is 5.54. The van der Waals surface area contributed by atoms with Crippen LogP contribution in [0.25, 0.3) is 0 Å². The minimum Gasteiger partial charge on any atom is -0.395 e. The summed E-state index contributed by atoms with van der Waals surface area (Å²) in [5.74, 6) is -0.542. The highest BCUT2D eigenvalue weighted by Gasteiger charge is 2.31. The molecular weight excluding hydrogens is 273 g/mol. The van der Waals surface area contributed by atoms with E-state index in [0.717, 1.165) is 6.07 Å². The van der Waals surface area contributed by atoms with E-state index < -0.39 is 27.7 Å². The zero-order chi connectivity index (χ0) is 14.0. The topological polar surface area (TPSA) is 86.6 Å². The molecule has 1 heterocycles. The first-order valence-electron chi connectivity index (χ1n) is 5.98. The summed E-state index contributed by atoms with van der Waals surface area (Å²) in [6.45, 7) is -0.547. The lowest BCUT2D eigenvalue weighted by atomic mass is 10.0. The van der Waals surface area contributed by atoms with Crippen LogP contribution in [0.1, 0.15) is 18.0 Å². The monoisotopic (exact) mass is 289 g/mol. The summed E-state index contributed by atoms with van der Waals surface area (Å²) < 4.78 is 37.1. The number of aliphatic hydroxyl groups excluding tert-OH is 2. The van der Waals surface area contributed by atoms with Gasteiger partial charge >= 0.3 is 0 Å². The van der Waals surface area contributed by atoms with Gasteiger partial charge in [0.1, 0.15) is 5.82 Å². The van der Waals surface area contributed by atoms with E-state index in [0.29, 0.717) is 5.56 Å². The summed E-state index contributed by atoms with van der Waals surface area (Å²) in [6.07, 6.45) is 0.287. The van der Waals surface area contributed by atoms with E-state index in [9.17, 15) is 12.8 Å². The number of aliphatic hydroxyl groups is 2. The van der Waals surface area contributed by atoms with Gasteiger partial charge in [-0.25, -0.2) is 12.8 Å². The van der Waals surface area contributed by atoms with Crippen LogP contribution < -0.4 is 5.32 Å². The molecule has 0 spiro atoms. The van der Waals surface area contributed by atoms with Gasteiger partial charge in [-0.2, -0.15) is 0 Å². The van der Waals surface area contributed by atoms with Gasteiger partial charge < -0.3 is 15.5 Å². The van der Waals surface area contributed by atoms with Gasteiger partial charge in [-0.15, -0.1) is 0 Å². The van der Waals surface area contributed by atoms with Crippen LogP contribution in [0.2, 0.25) is 0 Å². The number of benzene rings is 1. The Morgan fingerprint density at radius 2 is 2.05 bits per heavy atom. The summed E-state index contributed by atoms with van der Waals surface area (Å²) in [5, 5.41) is 21.0. The smallest absolute Gasteiger partial charge is 0.178 e. The Balaban J connectivity index is 2.37. The molecule has 1 aromatic carbocycles. The fourth-order valence-electron chi connectivity index (χ4n) is 2.23. The molecule has 3 N–H and O–H groups in total. The van der Waals surface area contributed by atoms with Crippen LogP contribution in [0, 0.1) is 5.82 Å². The van der Waals surface area contributed by atoms with Gasteiger partial charge in [-0.1, -0.05) is 0 Å². The number of hydrogen-bond acceptors (Lipinski definition) is 5. The van der Waals surface area contributed by atoms with Crippen LogP contribution in [0.3, 0.4) is 0 Å². The van der Waals surface area contributed by atoms with Crippen LogP contribution in [0.5, 0.6) is 0 Å². The van der Waals surface area contributed by atoms with Gasteiger partial charge in [0, 0.05) is 6.04 Å². The quantitative estimate of drug-likeness (QED) is 0.679. The molecule has 1 aliphatic rings. The average Bonchev–Trinajstić information content (AvgIpc) is 2.38. The van der Waals surface area contributed by atoms with Crippen molar-refractivity contribution < 1.29 is 23.0 Å². The Hall–Kier alpha value is -1.02. The van der Waals surface area contributed by atoms with Crippen molar-refractivity contribution in [1.82, 2.24) is 5.32 Å². The normalized spacial score (nSPS) is 21.4. The van der Waals surface area contributed by atoms with E-state index in [2.05, 4.69) is 5.32 Å². The molecule has 106 valence electrons. The van der Waals surface area contributed by atoms with Crippen molar-refractivity contribution in [3.05, 3.63) is 29.6 Å². The van der Waals surface area contributed by atoms with Gasteiger partial charge in [0.05, 0.1) is 29.9 Å². The van der Waals surface area contributed by atoms with Crippen molar-refractivity contribution in [2.45, 2.75) is 23.4 Å². The molecule has 19 heavy (non-hydrogen) atoms. The minimum absolute atomic E-state index is 0.0348. The number of fused-ring (bicyclic) bond motifs is 1. The van der Waals surface area contributed by atoms with Crippen molar-refractivity contribution >= 4 is 9.84 Å². The molecule has 1 aliphatic heterocycles. The van der Waals surface area contributed by atoms with Gasteiger partial charge in [0.2, 0.25) is 0 Å². The number of halogens is 1. The zero-order valence-electron chi connectivity index (χ0n) is 10.2. The minimum atomic E-state index is -3.37. The average molecular weight is 289 g/mol. The molecule has 2 rings (SSSR count). The Kier molecular flexibility index (Phi) is 4.19. The number of rotatable bonds is 4. The molecule has 1 atom stereocenters. The highest BCUT2D eigenvalue weighted by Crippen LogP contribution is 2.32. The zero-order valence-corrected chi connectivity index (χ0v) is 11.0. The van der Waals surface area contributed by atoms with E-state index in [4.69, 9.17) is 10.2 Å². The van der Waals surface area contributed by atoms with Crippen molar-refractivity contribution in [2.24, 2.45) is 0 Å². The predicted molar refractivity (Wildman–Crippen MR) is 66.9 cm³/mol. The maximum atomic E-state index is 13.3. The third kappa shape index (κ3) is 2.94. The van der Waals surface area contributed by atoms with Crippen molar-refractivity contribution in [3.63, 3.8) is 0 Å². The van der Waals surface area contributed by atoms with E-state index in [1.807, 2.05) is 0 Å². The lowest BCUT2D eigenvalue weighted by Crippen LogP contribution is -2.41. The molecule has 0 amide bonds. The van der Waals surface area contributed by atoms with Crippen molar-refractivity contribution in [2.75, 3.05) is 19.0 Å². The van der Waals surface area contributed by atoms with Crippen LogP contribution in [0.15, 0.2) is 23.1 Å². The first-order valence-corrected chi connectivity index (χ1v) is 7.63. The standard InChI is InChI=1S/C12H16FNO4S/c13-8-1-2-12-10(5-8)11(3-4-19(12,17)18)14-9(6-15)7-16/h1-2,5,9,11,14-16H,3-4,6-7H2. The molecular formula is C12H16FNO4S. The van der Waals surface area contributed by atoms with Gasteiger partial charge in [-0.3, -0.25) is 0 Å². The number of sulfone groups is 1. The maximum Gasteiger partial charge on any atom is 0.178 e. The molecule has 1 unspecified atom stereocenters. The third-order valence-electron chi connectivity index (χ3n) is 3.24. The second-order valence-electron chi connectivity index (χ2n) is 4.57. The molecule has 0 aromatic heterocycles. The Morgan fingerprint density at radius 3 is 2.68 bits per heavy atom. The van der Waals surface area contributed by atoms with Crippen LogP contribution in [-0.4, -0.2) is 43.6 Å². The van der Waals surface area contributed by atoms with Crippen LogP contribution in [-0.2, 0) is 9.84 Å². The van der Waals surface area contributed by atoms with E-state index in [-0.39, 0.29) is 30.3 Å². The number of hydrogen-bond donors (Lipinski definition) is 3. The summed E-state index contributed by atoms with van der Waals surface area (Å²) in [6, 6.07) is 2.63. The first kappa shape index (κ1) is 14.4. The van der Waals surface area contributed by atoms with Crippen molar-refractivity contribution in [3.8, 4) is 0 Å². The molecule has 0 saturated carbocycles. The van der Waals surface area contributed by atoms with Crippen LogP contribution in [0.4, 0.5) is 4.39 Å². The third-order valence-corrected chi connectivity index (χ3v) is 5.05. The van der Waals surface area contributed by atoms with E-state index in [1.54, 1.807) is 0 Å². The maximum absolute atomic E-state index is 13.3. The molecule has 0 radical (unpaired) electrons. The lowest BCUT2D eigenvalue weighted by molar-refractivity contribution is 0.160. The largest absolute Gasteiger partial charge is 0.395 e. The fraction of sp³-hybridized carbons (Fsp3) is 0.500. The Morgan fingerprint density at radius 1 is 1.37 bits per heavy atom. The summed E-state index contributed by atoms with van der Waals surface area (Å²) in [5.41, 5.74) is 0.359. The molecule has 1 aromatic rings. The van der Waals surface area contributed by atoms with Gasteiger partial charge in [0.15, 0.2) is 9.84 Å². The van der Waals surface area contributed by atoms with E-state index in [1.165, 1.54) is 12.1 Å². The second-order valence-corrected chi connectivity index (χ2v) is 6.65.